The summed E-state index contributed by atoms with van der Waals surface area (Å²) in [6.45, 7) is 1.64. The van der Waals surface area contributed by atoms with Gasteiger partial charge in [0.2, 0.25) is 0 Å². The largest absolute Gasteiger partial charge is 0.480 e. The number of hydrogen-bond acceptors (Lipinski definition) is 3. The molecule has 6 nitrogen and oxygen atoms in total. The molecule has 1 saturated heterocycles. The summed E-state index contributed by atoms with van der Waals surface area (Å²) in [5.74, 6) is -0.972. The van der Waals surface area contributed by atoms with E-state index in [1.54, 1.807) is 6.07 Å². The van der Waals surface area contributed by atoms with Gasteiger partial charge in [0.15, 0.2) is 0 Å². The van der Waals surface area contributed by atoms with E-state index in [0.29, 0.717) is 12.1 Å². The van der Waals surface area contributed by atoms with Crippen molar-refractivity contribution in [3.63, 3.8) is 0 Å². The number of aliphatic carboxylic acids is 1. The van der Waals surface area contributed by atoms with Gasteiger partial charge in [-0.15, -0.1) is 0 Å². The first-order valence-electron chi connectivity index (χ1n) is 7.32. The Hall–Kier alpha value is -2.08. The lowest BCUT2D eigenvalue weighted by atomic mass is 10.1. The van der Waals surface area contributed by atoms with Crippen molar-refractivity contribution in [3.05, 3.63) is 29.8 Å². The third-order valence-corrected chi connectivity index (χ3v) is 4.09. The normalized spacial score (nSPS) is 21.9. The number of para-hydroxylation sites is 1. The fourth-order valence-electron chi connectivity index (χ4n) is 3.03. The highest BCUT2D eigenvalue weighted by molar-refractivity contribution is 6.00. The number of carboxylic acid groups (broad SMARTS) is 1. The first-order valence-corrected chi connectivity index (χ1v) is 7.32. The number of rotatable bonds is 2. The summed E-state index contributed by atoms with van der Waals surface area (Å²) >= 11 is 0. The van der Waals surface area contributed by atoms with Gasteiger partial charge in [0.05, 0.1) is 0 Å². The van der Waals surface area contributed by atoms with Gasteiger partial charge in [-0.1, -0.05) is 24.6 Å². The Morgan fingerprint density at radius 3 is 2.57 bits per heavy atom. The van der Waals surface area contributed by atoms with Crippen molar-refractivity contribution in [3.8, 4) is 0 Å². The van der Waals surface area contributed by atoms with Crippen molar-refractivity contribution in [2.45, 2.75) is 31.7 Å². The van der Waals surface area contributed by atoms with E-state index >= 15 is 0 Å². The van der Waals surface area contributed by atoms with Crippen LogP contribution in [-0.4, -0.2) is 41.2 Å². The molecule has 3 rings (SSSR count). The number of hydrazine groups is 1. The molecule has 2 N–H and O–H groups in total. The van der Waals surface area contributed by atoms with Crippen LogP contribution in [0.2, 0.25) is 0 Å². The number of nitrogens with zero attached hydrogens (tertiary/aromatic N) is 2. The average Bonchev–Trinajstić information content (AvgIpc) is 2.88. The van der Waals surface area contributed by atoms with Crippen LogP contribution in [0.5, 0.6) is 0 Å². The number of benzene rings is 1. The fourth-order valence-corrected chi connectivity index (χ4v) is 3.03. The van der Waals surface area contributed by atoms with Crippen LogP contribution in [0.15, 0.2) is 24.3 Å². The molecule has 2 aliphatic rings. The Balaban J connectivity index is 1.80. The number of amides is 2. The van der Waals surface area contributed by atoms with E-state index in [0.717, 1.165) is 31.5 Å². The molecule has 0 aromatic heterocycles. The SMILES string of the molecule is O=C(O)C1Cc2ccccc2N1C(=O)NN1CCCCC1. The summed E-state index contributed by atoms with van der Waals surface area (Å²) in [5.41, 5.74) is 4.44. The molecule has 6 heteroatoms. The predicted octanol–water partition coefficient (Wildman–Crippen LogP) is 1.61. The van der Waals surface area contributed by atoms with Crippen LogP contribution >= 0.6 is 0 Å². The fraction of sp³-hybridized carbons (Fsp3) is 0.467. The maximum absolute atomic E-state index is 12.5. The second kappa shape index (κ2) is 5.73. The maximum atomic E-state index is 12.5. The van der Waals surface area contributed by atoms with Crippen molar-refractivity contribution in [2.24, 2.45) is 0 Å². The summed E-state index contributed by atoms with van der Waals surface area (Å²) in [6.07, 6.45) is 3.65. The van der Waals surface area contributed by atoms with Crippen LogP contribution in [0, 0.1) is 0 Å². The Morgan fingerprint density at radius 1 is 1.14 bits per heavy atom. The lowest BCUT2D eigenvalue weighted by molar-refractivity contribution is -0.138. The van der Waals surface area contributed by atoms with E-state index in [9.17, 15) is 14.7 Å². The second-order valence-electron chi connectivity index (χ2n) is 5.52. The smallest absolute Gasteiger partial charge is 0.337 e. The second-order valence-corrected chi connectivity index (χ2v) is 5.52. The van der Waals surface area contributed by atoms with Crippen molar-refractivity contribution in [2.75, 3.05) is 18.0 Å². The van der Waals surface area contributed by atoms with Gasteiger partial charge in [0, 0.05) is 25.2 Å². The summed E-state index contributed by atoms with van der Waals surface area (Å²) in [4.78, 5) is 25.3. The Kier molecular flexibility index (Phi) is 3.79. The monoisotopic (exact) mass is 289 g/mol. The Bertz CT molecular complexity index is 555. The predicted molar refractivity (Wildman–Crippen MR) is 78.0 cm³/mol. The zero-order valence-electron chi connectivity index (χ0n) is 11.8. The molecule has 1 atom stereocenters. The maximum Gasteiger partial charge on any atom is 0.337 e. The summed E-state index contributed by atoms with van der Waals surface area (Å²) in [7, 11) is 0. The van der Waals surface area contributed by atoms with E-state index in [2.05, 4.69) is 5.43 Å². The first-order chi connectivity index (χ1) is 10.2. The number of carbonyl (C=O) groups excluding carboxylic acids is 1. The molecule has 0 spiro atoms. The minimum absolute atomic E-state index is 0.353. The third kappa shape index (κ3) is 2.71. The number of piperidine rings is 1. The molecule has 0 aliphatic carbocycles. The highest BCUT2D eigenvalue weighted by Crippen LogP contribution is 2.32. The third-order valence-electron chi connectivity index (χ3n) is 4.09. The number of fused-ring (bicyclic) bond motifs is 1. The molecule has 2 amide bonds. The van der Waals surface area contributed by atoms with Crippen molar-refractivity contribution < 1.29 is 14.7 Å². The van der Waals surface area contributed by atoms with Crippen molar-refractivity contribution >= 4 is 17.7 Å². The molecule has 2 heterocycles. The zero-order valence-corrected chi connectivity index (χ0v) is 11.8. The average molecular weight is 289 g/mol. The number of carboxylic acids is 1. The summed E-state index contributed by atoms with van der Waals surface area (Å²) in [5, 5.41) is 11.3. The first kappa shape index (κ1) is 13.9. The Morgan fingerprint density at radius 2 is 1.86 bits per heavy atom. The molecule has 112 valence electrons. The molecule has 0 bridgehead atoms. The van der Waals surface area contributed by atoms with Gasteiger partial charge in [0.1, 0.15) is 6.04 Å². The van der Waals surface area contributed by atoms with E-state index in [1.807, 2.05) is 23.2 Å². The van der Waals surface area contributed by atoms with Crippen molar-refractivity contribution in [1.29, 1.82) is 0 Å². The number of anilines is 1. The van der Waals surface area contributed by atoms with Crippen LogP contribution in [0.4, 0.5) is 10.5 Å². The van der Waals surface area contributed by atoms with Gasteiger partial charge in [-0.05, 0) is 24.5 Å². The van der Waals surface area contributed by atoms with Gasteiger partial charge in [0.25, 0.3) is 0 Å². The molecular formula is C15H19N3O3. The molecular weight excluding hydrogens is 270 g/mol. The van der Waals surface area contributed by atoms with Crippen LogP contribution < -0.4 is 10.3 Å². The zero-order chi connectivity index (χ0) is 14.8. The van der Waals surface area contributed by atoms with Gasteiger partial charge >= 0.3 is 12.0 Å². The highest BCUT2D eigenvalue weighted by Gasteiger charge is 2.38. The van der Waals surface area contributed by atoms with E-state index < -0.39 is 12.0 Å². The molecule has 0 radical (unpaired) electrons. The summed E-state index contributed by atoms with van der Waals surface area (Å²) < 4.78 is 0. The molecule has 2 aliphatic heterocycles. The topological polar surface area (TPSA) is 72.9 Å². The summed E-state index contributed by atoms with van der Waals surface area (Å²) in [6, 6.07) is 6.18. The molecule has 1 fully saturated rings. The van der Waals surface area contributed by atoms with Crippen LogP contribution in [-0.2, 0) is 11.2 Å². The highest BCUT2D eigenvalue weighted by atomic mass is 16.4. The molecule has 21 heavy (non-hydrogen) atoms. The number of carbonyl (C=O) groups is 2. The van der Waals surface area contributed by atoms with Gasteiger partial charge in [-0.2, -0.15) is 0 Å². The molecule has 1 aromatic rings. The van der Waals surface area contributed by atoms with Gasteiger partial charge < -0.3 is 5.11 Å². The molecule has 0 saturated carbocycles. The van der Waals surface area contributed by atoms with Crippen LogP contribution in [0.1, 0.15) is 24.8 Å². The van der Waals surface area contributed by atoms with Gasteiger partial charge in [-0.3, -0.25) is 10.3 Å². The number of urea groups is 1. The number of nitrogens with one attached hydrogen (secondary N) is 1. The van der Waals surface area contributed by atoms with E-state index in [1.165, 1.54) is 11.3 Å². The quantitative estimate of drug-likeness (QED) is 0.867. The van der Waals surface area contributed by atoms with Crippen LogP contribution in [0.25, 0.3) is 0 Å². The minimum Gasteiger partial charge on any atom is -0.480 e. The lowest BCUT2D eigenvalue weighted by Crippen LogP contribution is -2.54. The lowest BCUT2D eigenvalue weighted by Gasteiger charge is -2.30. The van der Waals surface area contributed by atoms with Gasteiger partial charge in [-0.25, -0.2) is 14.6 Å². The van der Waals surface area contributed by atoms with Crippen molar-refractivity contribution in [1.82, 2.24) is 10.4 Å². The molecule has 1 aromatic carbocycles. The standard InChI is InChI=1S/C15H19N3O3/c19-14(20)13-10-11-6-2-3-7-12(11)18(13)15(21)16-17-8-4-1-5-9-17/h2-3,6-7,13H,1,4-5,8-10H2,(H,16,21)(H,19,20). The number of hydrogen-bond donors (Lipinski definition) is 2. The van der Waals surface area contributed by atoms with Crippen LogP contribution in [0.3, 0.4) is 0 Å². The molecule has 1 unspecified atom stereocenters. The van der Waals surface area contributed by atoms with E-state index in [4.69, 9.17) is 0 Å². The Labute approximate surface area is 123 Å². The van der Waals surface area contributed by atoms with E-state index in [-0.39, 0.29) is 6.03 Å². The minimum atomic E-state index is -0.972.